The predicted octanol–water partition coefficient (Wildman–Crippen LogP) is 5.34. The van der Waals surface area contributed by atoms with E-state index in [1.807, 2.05) is 41.3 Å². The minimum Gasteiger partial charge on any atom is -0.364 e. The van der Waals surface area contributed by atoms with Gasteiger partial charge in [0.05, 0.1) is 6.20 Å². The van der Waals surface area contributed by atoms with Crippen molar-refractivity contribution in [1.29, 1.82) is 0 Å². The molecule has 1 aliphatic heterocycles. The Kier molecular flexibility index (Phi) is 7.64. The summed E-state index contributed by atoms with van der Waals surface area (Å²) in [6, 6.07) is 16.8. The maximum atomic E-state index is 4.77. The number of nitrogens with one attached hydrogen (secondary N) is 1. The van der Waals surface area contributed by atoms with Gasteiger partial charge in [-0.3, -0.25) is 0 Å². The largest absolute Gasteiger partial charge is 0.364 e. The van der Waals surface area contributed by atoms with Crippen LogP contribution < -0.4 is 10.2 Å². The number of nitrogens with zero attached hydrogens (tertiary/aromatic N) is 4. The standard InChI is InChI=1S/C28H28N5.Sm/c1-5-21-8-7-9-26(25(21)6-2)27-17-31-32-18-23(16-30-28(27)32)22-10-12-24(13-11-22)33-19(3)14-29-15-20(33)4;/h5-7,9-13,16-20,29H,1-2,14-15H2,3-4H3;/q-1;. The smallest absolute Gasteiger partial charge is 0.161 e. The molecule has 0 saturated carbocycles. The van der Waals surface area contributed by atoms with Crippen LogP contribution in [-0.2, 0) is 0 Å². The summed E-state index contributed by atoms with van der Waals surface area (Å²) in [5, 5.41) is 8.09. The molecular formula is C28H28N5Sm-. The fraction of sp³-hybridized carbons (Fsp3) is 0.214. The summed E-state index contributed by atoms with van der Waals surface area (Å²) in [6.45, 7) is 14.4. The summed E-state index contributed by atoms with van der Waals surface area (Å²) in [5.41, 5.74) is 8.11. The molecule has 2 aromatic carbocycles. The summed E-state index contributed by atoms with van der Waals surface area (Å²) in [7, 11) is 0. The third kappa shape index (κ3) is 4.48. The van der Waals surface area contributed by atoms with Gasteiger partial charge in [-0.15, -0.1) is 54.6 Å². The zero-order chi connectivity index (χ0) is 22.9. The van der Waals surface area contributed by atoms with Crippen LogP contribution in [-0.4, -0.2) is 39.8 Å². The number of hydrogen-bond acceptors (Lipinski definition) is 4. The van der Waals surface area contributed by atoms with E-state index in [9.17, 15) is 0 Å². The van der Waals surface area contributed by atoms with Gasteiger partial charge in [0.1, 0.15) is 0 Å². The molecule has 0 radical (unpaired) electrons. The van der Waals surface area contributed by atoms with E-state index in [0.717, 1.165) is 52.1 Å². The van der Waals surface area contributed by atoms with E-state index in [1.54, 1.807) is 6.08 Å². The van der Waals surface area contributed by atoms with Crippen molar-refractivity contribution in [1.82, 2.24) is 19.9 Å². The molecule has 1 N–H and O–H groups in total. The second-order valence-corrected chi connectivity index (χ2v) is 8.61. The van der Waals surface area contributed by atoms with Gasteiger partial charge in [-0.2, -0.15) is 5.10 Å². The molecule has 0 aliphatic carbocycles. The van der Waals surface area contributed by atoms with Gasteiger partial charge in [-0.05, 0) is 31.5 Å². The van der Waals surface area contributed by atoms with E-state index in [0.29, 0.717) is 12.1 Å². The Morgan fingerprint density at radius 3 is 2.38 bits per heavy atom. The zero-order valence-electron chi connectivity index (χ0n) is 19.5. The van der Waals surface area contributed by atoms with E-state index in [2.05, 4.69) is 72.7 Å². The molecule has 0 amide bonds. The van der Waals surface area contributed by atoms with Crippen LogP contribution in [0.15, 0.2) is 68.1 Å². The molecule has 1 saturated heterocycles. The average molecular weight is 585 g/mol. The van der Waals surface area contributed by atoms with Crippen molar-refractivity contribution in [2.75, 3.05) is 18.0 Å². The van der Waals surface area contributed by atoms with E-state index in [1.165, 1.54) is 5.69 Å². The molecule has 2 unspecified atom stereocenters. The van der Waals surface area contributed by atoms with Gasteiger partial charge in [-0.1, -0.05) is 17.7 Å². The van der Waals surface area contributed by atoms with E-state index in [4.69, 9.17) is 4.98 Å². The van der Waals surface area contributed by atoms with E-state index in [-0.39, 0.29) is 40.4 Å². The number of aromatic nitrogens is 3. The molecular weight excluding hydrogens is 557 g/mol. The number of piperazine rings is 1. The second kappa shape index (κ2) is 10.5. The zero-order valence-corrected chi connectivity index (χ0v) is 22.2. The molecule has 2 aromatic heterocycles. The quantitative estimate of drug-likeness (QED) is 0.322. The summed E-state index contributed by atoms with van der Waals surface area (Å²) in [4.78, 5) is 7.27. The Labute approximate surface area is 233 Å². The fourth-order valence-corrected chi connectivity index (χ4v) is 4.83. The first-order chi connectivity index (χ1) is 16.1. The summed E-state index contributed by atoms with van der Waals surface area (Å²) in [5.74, 6) is 0. The molecule has 0 spiro atoms. The minimum absolute atomic E-state index is 0. The molecule has 2 atom stereocenters. The summed E-state index contributed by atoms with van der Waals surface area (Å²) in [6.07, 6.45) is 9.44. The van der Waals surface area contributed by atoms with Crippen LogP contribution in [0.25, 0.3) is 40.1 Å². The van der Waals surface area contributed by atoms with Crippen molar-refractivity contribution in [3.63, 3.8) is 0 Å². The molecule has 34 heavy (non-hydrogen) atoms. The Morgan fingerprint density at radius 2 is 1.71 bits per heavy atom. The number of fused-ring (bicyclic) bond motifs is 1. The molecule has 6 heteroatoms. The van der Waals surface area contributed by atoms with Crippen LogP contribution in [0.4, 0.5) is 5.69 Å². The molecule has 3 heterocycles. The van der Waals surface area contributed by atoms with Gasteiger partial charge < -0.3 is 10.2 Å². The third-order valence-electron chi connectivity index (χ3n) is 6.45. The van der Waals surface area contributed by atoms with Gasteiger partial charge >= 0.3 is 0 Å². The third-order valence-corrected chi connectivity index (χ3v) is 6.45. The molecule has 172 valence electrons. The van der Waals surface area contributed by atoms with Gasteiger partial charge in [0.15, 0.2) is 5.65 Å². The van der Waals surface area contributed by atoms with Crippen LogP contribution in [0.5, 0.6) is 0 Å². The first-order valence-corrected chi connectivity index (χ1v) is 11.3. The number of rotatable bonds is 5. The predicted molar refractivity (Wildman–Crippen MR) is 137 cm³/mol. The van der Waals surface area contributed by atoms with Crippen molar-refractivity contribution in [2.24, 2.45) is 0 Å². The Balaban J connectivity index is 0.00000274. The second-order valence-electron chi connectivity index (χ2n) is 8.61. The Bertz CT molecular complexity index is 1310. The molecule has 5 nitrogen and oxygen atoms in total. The topological polar surface area (TPSA) is 45.5 Å². The number of benzene rings is 2. The number of anilines is 1. The van der Waals surface area contributed by atoms with E-state index < -0.39 is 0 Å². The molecule has 5 rings (SSSR count). The Hall–Kier alpha value is -2.36. The van der Waals surface area contributed by atoms with Crippen LogP contribution in [0.3, 0.4) is 0 Å². The first-order valence-electron chi connectivity index (χ1n) is 11.3. The average Bonchev–Trinajstić information content (AvgIpc) is 3.27. The van der Waals surface area contributed by atoms with Crippen molar-refractivity contribution < 1.29 is 40.4 Å². The van der Waals surface area contributed by atoms with Crippen molar-refractivity contribution >= 4 is 23.5 Å². The monoisotopic (exact) mass is 586 g/mol. The van der Waals surface area contributed by atoms with Gasteiger partial charge in [0, 0.05) is 94.8 Å². The van der Waals surface area contributed by atoms with E-state index >= 15 is 0 Å². The summed E-state index contributed by atoms with van der Waals surface area (Å²) < 4.78 is 1.84. The molecule has 1 aliphatic rings. The van der Waals surface area contributed by atoms with Gasteiger partial charge in [0.2, 0.25) is 0 Å². The molecule has 0 bridgehead atoms. The van der Waals surface area contributed by atoms with Gasteiger partial charge in [0.25, 0.3) is 0 Å². The van der Waals surface area contributed by atoms with Crippen LogP contribution >= 0.6 is 0 Å². The van der Waals surface area contributed by atoms with Gasteiger partial charge in [-0.25, -0.2) is 9.50 Å². The molecule has 1 fully saturated rings. The fourth-order valence-electron chi connectivity index (χ4n) is 4.83. The van der Waals surface area contributed by atoms with Crippen LogP contribution in [0.1, 0.15) is 25.0 Å². The maximum Gasteiger partial charge on any atom is 0.161 e. The SMILES string of the molecule is C=Cc1[c-]ccc(-c2cnn3cc(-c4ccc(N5C(C)CNCC5C)cc4)cnc23)c1C=C.[Sm]. The van der Waals surface area contributed by atoms with Crippen molar-refractivity contribution in [2.45, 2.75) is 25.9 Å². The normalized spacial score (nSPS) is 17.9. The van der Waals surface area contributed by atoms with Crippen molar-refractivity contribution in [3.8, 4) is 22.3 Å². The maximum absolute atomic E-state index is 4.77. The van der Waals surface area contributed by atoms with Crippen LogP contribution in [0, 0.1) is 46.5 Å². The van der Waals surface area contributed by atoms with Crippen molar-refractivity contribution in [3.05, 3.63) is 85.3 Å². The molecule has 4 aromatic rings. The minimum atomic E-state index is 0. The van der Waals surface area contributed by atoms with Crippen LogP contribution in [0.2, 0.25) is 0 Å². The first kappa shape index (κ1) is 24.8. The summed E-state index contributed by atoms with van der Waals surface area (Å²) >= 11 is 0. The number of hydrogen-bond donors (Lipinski definition) is 1. The Morgan fingerprint density at radius 1 is 0.971 bits per heavy atom.